The summed E-state index contributed by atoms with van der Waals surface area (Å²) in [6.07, 6.45) is 2.35. The molecule has 1 aliphatic heterocycles. The topological polar surface area (TPSA) is 79.2 Å². The number of hydrogen-bond donors (Lipinski definition) is 1. The van der Waals surface area contributed by atoms with E-state index in [4.69, 9.17) is 4.52 Å². The van der Waals surface area contributed by atoms with Crippen molar-refractivity contribution in [2.24, 2.45) is 0 Å². The summed E-state index contributed by atoms with van der Waals surface area (Å²) in [5.41, 5.74) is 2.51. The Morgan fingerprint density at radius 3 is 2.74 bits per heavy atom. The maximum atomic E-state index is 13.9. The Bertz CT molecular complexity index is 1040. The lowest BCUT2D eigenvalue weighted by molar-refractivity contribution is -0.125. The Balaban J connectivity index is 1.94. The fraction of sp³-hybridized carbons (Fsp3) is 0.350. The molecular weight excluding hydrogens is 349 g/mol. The molecule has 1 aliphatic rings. The molecule has 0 bridgehead atoms. The predicted molar refractivity (Wildman–Crippen MR) is 98.0 cm³/mol. The van der Waals surface area contributed by atoms with Gasteiger partial charge in [-0.15, -0.1) is 0 Å². The van der Waals surface area contributed by atoms with Crippen LogP contribution in [0.2, 0.25) is 0 Å². The maximum Gasteiger partial charge on any atom is 0.295 e. The van der Waals surface area contributed by atoms with Crippen molar-refractivity contribution in [2.45, 2.75) is 33.1 Å². The molecule has 0 aliphatic carbocycles. The minimum absolute atomic E-state index is 0.183. The number of fused-ring (bicyclic) bond motifs is 1. The van der Waals surface area contributed by atoms with Crippen molar-refractivity contribution in [1.82, 2.24) is 15.0 Å². The van der Waals surface area contributed by atoms with E-state index in [1.165, 1.54) is 12.1 Å². The van der Waals surface area contributed by atoms with Gasteiger partial charge in [-0.25, -0.2) is 4.39 Å². The summed E-state index contributed by atoms with van der Waals surface area (Å²) in [6.45, 7) is 4.84. The smallest absolute Gasteiger partial charge is 0.295 e. The van der Waals surface area contributed by atoms with Gasteiger partial charge >= 0.3 is 0 Å². The van der Waals surface area contributed by atoms with Crippen molar-refractivity contribution < 1.29 is 18.5 Å². The van der Waals surface area contributed by atoms with Gasteiger partial charge in [-0.2, -0.15) is 0 Å². The van der Waals surface area contributed by atoms with Crippen LogP contribution < -0.4 is 0 Å². The van der Waals surface area contributed by atoms with Gasteiger partial charge in [-0.3, -0.25) is 9.59 Å². The number of aryl methyl sites for hydroxylation is 2. The number of carbonyl (C=O) groups is 2. The summed E-state index contributed by atoms with van der Waals surface area (Å²) in [6, 6.07) is 4.18. The van der Waals surface area contributed by atoms with E-state index in [1.807, 2.05) is 6.92 Å². The van der Waals surface area contributed by atoms with Crippen molar-refractivity contribution >= 4 is 22.6 Å². The number of ketones is 1. The third-order valence-corrected chi connectivity index (χ3v) is 5.08. The van der Waals surface area contributed by atoms with Gasteiger partial charge in [0.05, 0.1) is 22.5 Å². The van der Waals surface area contributed by atoms with E-state index in [0.717, 1.165) is 12.8 Å². The molecule has 1 N–H and O–H groups in total. The van der Waals surface area contributed by atoms with Crippen LogP contribution in [0.4, 0.5) is 4.39 Å². The highest BCUT2D eigenvalue weighted by atomic mass is 19.1. The number of nitrogens with zero attached hydrogens (tertiary/aromatic N) is 2. The van der Waals surface area contributed by atoms with Gasteiger partial charge in [-0.1, -0.05) is 12.1 Å². The molecule has 0 unspecified atom stereocenters. The van der Waals surface area contributed by atoms with E-state index in [1.54, 1.807) is 17.9 Å². The normalized spacial score (nSPS) is 14.3. The molecule has 140 valence electrons. The van der Waals surface area contributed by atoms with Crippen LogP contribution in [0.25, 0.3) is 22.2 Å². The second-order valence-corrected chi connectivity index (χ2v) is 6.81. The third kappa shape index (κ3) is 2.83. The zero-order valence-electron chi connectivity index (χ0n) is 15.3. The van der Waals surface area contributed by atoms with E-state index in [0.29, 0.717) is 53.1 Å². The minimum Gasteiger partial charge on any atom is -0.360 e. The molecule has 1 saturated heterocycles. The maximum absolute atomic E-state index is 13.9. The lowest BCUT2D eigenvalue weighted by Crippen LogP contribution is -2.34. The number of H-pyrrole nitrogens is 1. The van der Waals surface area contributed by atoms with Crippen molar-refractivity contribution in [3.63, 3.8) is 0 Å². The number of likely N-dealkylation sites (tertiary alicyclic amines) is 1. The van der Waals surface area contributed by atoms with E-state index in [2.05, 4.69) is 10.1 Å². The van der Waals surface area contributed by atoms with Crippen LogP contribution in [-0.4, -0.2) is 39.8 Å². The average Bonchev–Trinajstić information content (AvgIpc) is 3.38. The number of hydrogen-bond acceptors (Lipinski definition) is 4. The largest absolute Gasteiger partial charge is 0.360 e. The van der Waals surface area contributed by atoms with Crippen molar-refractivity contribution in [1.29, 1.82) is 0 Å². The number of Topliss-reactive ketones (excluding diaryl/α,β-unsaturated/α-hetero) is 1. The molecule has 1 aromatic carbocycles. The monoisotopic (exact) mass is 369 g/mol. The predicted octanol–water partition coefficient (Wildman–Crippen LogP) is 3.64. The summed E-state index contributed by atoms with van der Waals surface area (Å²) in [4.78, 5) is 30.7. The number of benzene rings is 1. The number of aromatic nitrogens is 2. The summed E-state index contributed by atoms with van der Waals surface area (Å²) in [5.74, 6) is -1.03. The highest BCUT2D eigenvalue weighted by Gasteiger charge is 2.32. The molecule has 0 spiro atoms. The molecule has 0 atom stereocenters. The van der Waals surface area contributed by atoms with Gasteiger partial charge in [0, 0.05) is 30.4 Å². The summed E-state index contributed by atoms with van der Waals surface area (Å²) in [7, 11) is 0. The molecule has 2 aromatic heterocycles. The van der Waals surface area contributed by atoms with E-state index < -0.39 is 17.5 Å². The standard InChI is InChI=1S/C20H20FN3O3/c1-3-15-16(11(2)23-27-15)18-17(13-10-12(21)6-7-14(13)22-18)19(25)20(26)24-8-4-5-9-24/h6-7,10,22H,3-5,8-9H2,1-2H3. The highest BCUT2D eigenvalue weighted by molar-refractivity contribution is 6.46. The lowest BCUT2D eigenvalue weighted by atomic mass is 9.99. The first-order valence-electron chi connectivity index (χ1n) is 9.11. The van der Waals surface area contributed by atoms with Crippen LogP contribution >= 0.6 is 0 Å². The number of halogens is 1. The molecule has 0 saturated carbocycles. The third-order valence-electron chi connectivity index (χ3n) is 5.08. The van der Waals surface area contributed by atoms with Gasteiger partial charge in [0.2, 0.25) is 0 Å². The first-order valence-corrected chi connectivity index (χ1v) is 9.11. The zero-order chi connectivity index (χ0) is 19.1. The fourth-order valence-electron chi connectivity index (χ4n) is 3.74. The highest BCUT2D eigenvalue weighted by Crippen LogP contribution is 2.35. The van der Waals surface area contributed by atoms with Gasteiger partial charge in [0.15, 0.2) is 0 Å². The first kappa shape index (κ1) is 17.5. The number of nitrogens with one attached hydrogen (secondary N) is 1. The van der Waals surface area contributed by atoms with Gasteiger partial charge in [-0.05, 0) is 38.0 Å². The molecule has 6 nitrogen and oxygen atoms in total. The lowest BCUT2D eigenvalue weighted by Gasteiger charge is -2.14. The molecule has 1 amide bonds. The quantitative estimate of drug-likeness (QED) is 0.562. The van der Waals surface area contributed by atoms with Crippen LogP contribution in [0.5, 0.6) is 0 Å². The Hall–Kier alpha value is -2.96. The minimum atomic E-state index is -0.633. The van der Waals surface area contributed by atoms with Crippen molar-refractivity contribution in [2.75, 3.05) is 13.1 Å². The summed E-state index contributed by atoms with van der Waals surface area (Å²) in [5, 5.41) is 4.39. The Morgan fingerprint density at radius 1 is 1.30 bits per heavy atom. The number of aromatic amines is 1. The molecular formula is C20H20FN3O3. The van der Waals surface area contributed by atoms with Crippen molar-refractivity contribution in [3.8, 4) is 11.3 Å². The molecule has 3 heterocycles. The van der Waals surface area contributed by atoms with E-state index in [-0.39, 0.29) is 5.56 Å². The SMILES string of the molecule is CCc1onc(C)c1-c1[nH]c2ccc(F)cc2c1C(=O)C(=O)N1CCCC1. The molecule has 4 rings (SSSR count). The molecule has 3 aromatic rings. The first-order chi connectivity index (χ1) is 13.0. The van der Waals surface area contributed by atoms with Crippen LogP contribution in [0.1, 0.15) is 41.6 Å². The summed E-state index contributed by atoms with van der Waals surface area (Å²) < 4.78 is 19.3. The summed E-state index contributed by atoms with van der Waals surface area (Å²) >= 11 is 0. The van der Waals surface area contributed by atoms with Crippen LogP contribution in [-0.2, 0) is 11.2 Å². The molecule has 1 fully saturated rings. The van der Waals surface area contributed by atoms with Crippen LogP contribution in [0.15, 0.2) is 22.7 Å². The van der Waals surface area contributed by atoms with Gasteiger partial charge < -0.3 is 14.4 Å². The van der Waals surface area contributed by atoms with Gasteiger partial charge in [0.1, 0.15) is 11.6 Å². The second-order valence-electron chi connectivity index (χ2n) is 6.81. The Kier molecular flexibility index (Phi) is 4.30. The Morgan fingerprint density at radius 2 is 2.04 bits per heavy atom. The molecule has 7 heteroatoms. The number of rotatable bonds is 4. The van der Waals surface area contributed by atoms with E-state index in [9.17, 15) is 14.0 Å². The van der Waals surface area contributed by atoms with Crippen LogP contribution in [0.3, 0.4) is 0 Å². The van der Waals surface area contributed by atoms with Gasteiger partial charge in [0.25, 0.3) is 11.7 Å². The molecule has 27 heavy (non-hydrogen) atoms. The second kappa shape index (κ2) is 6.64. The van der Waals surface area contributed by atoms with Crippen LogP contribution in [0, 0.1) is 12.7 Å². The number of amides is 1. The fourth-order valence-corrected chi connectivity index (χ4v) is 3.74. The number of carbonyl (C=O) groups excluding carboxylic acids is 2. The average molecular weight is 369 g/mol. The van der Waals surface area contributed by atoms with Crippen molar-refractivity contribution in [3.05, 3.63) is 41.0 Å². The zero-order valence-corrected chi connectivity index (χ0v) is 15.3. The Labute approximate surface area is 155 Å². The van der Waals surface area contributed by atoms with E-state index >= 15 is 0 Å². The molecule has 0 radical (unpaired) electrons.